The minimum atomic E-state index is -0.671. The van der Waals surface area contributed by atoms with E-state index in [2.05, 4.69) is 25.3 Å². The molecule has 1 heterocycles. The smallest absolute Gasteiger partial charge is 0.295 e. The summed E-state index contributed by atoms with van der Waals surface area (Å²) in [5.74, 6) is -0.745. The van der Waals surface area contributed by atoms with Crippen LogP contribution in [0, 0.1) is 6.92 Å². The van der Waals surface area contributed by atoms with Gasteiger partial charge in [0.05, 0.1) is 11.6 Å². The Labute approximate surface area is 195 Å². The van der Waals surface area contributed by atoms with Gasteiger partial charge in [-0.2, -0.15) is 0 Å². The average Bonchev–Trinajstić information content (AvgIpc) is 3.08. The highest BCUT2D eigenvalue weighted by atomic mass is 16.5. The fraction of sp³-hybridized carbons (Fsp3) is 0.333. The lowest BCUT2D eigenvalue weighted by atomic mass is 9.95. The topological polar surface area (TPSA) is 70.1 Å². The molecule has 1 aliphatic rings. The molecule has 1 N–H and O–H groups in total. The van der Waals surface area contributed by atoms with Crippen LogP contribution >= 0.6 is 0 Å². The molecule has 0 aromatic heterocycles. The van der Waals surface area contributed by atoms with Crippen molar-refractivity contribution >= 4 is 17.4 Å². The number of aryl methyl sites for hydroxylation is 1. The predicted octanol–water partition coefficient (Wildman–Crippen LogP) is 4.32. The minimum Gasteiger partial charge on any atom is -0.507 e. The van der Waals surface area contributed by atoms with Crippen LogP contribution in [0.4, 0.5) is 0 Å². The number of Topliss-reactive ketones (excluding diaryl/α,β-unsaturated/α-hetero) is 1. The molecule has 2 aromatic rings. The molecule has 1 atom stereocenters. The number of rotatable bonds is 10. The third kappa shape index (κ3) is 5.34. The molecule has 0 radical (unpaired) electrons. The van der Waals surface area contributed by atoms with Gasteiger partial charge in [-0.05, 0) is 37.7 Å². The summed E-state index contributed by atoms with van der Waals surface area (Å²) in [6, 6.07) is 13.9. The number of hydrogen-bond acceptors (Lipinski definition) is 5. The van der Waals surface area contributed by atoms with E-state index in [1.54, 1.807) is 35.2 Å². The zero-order valence-electron chi connectivity index (χ0n) is 19.6. The Balaban J connectivity index is 2.05. The van der Waals surface area contributed by atoms with Gasteiger partial charge >= 0.3 is 0 Å². The van der Waals surface area contributed by atoms with Crippen molar-refractivity contribution in [1.29, 1.82) is 0 Å². The number of ether oxygens (including phenoxy) is 1. The van der Waals surface area contributed by atoms with E-state index in [0.717, 1.165) is 24.2 Å². The Morgan fingerprint density at radius 1 is 1.09 bits per heavy atom. The Kier molecular flexibility index (Phi) is 8.06. The Hall–Kier alpha value is -3.38. The molecule has 3 rings (SSSR count). The second kappa shape index (κ2) is 11.0. The van der Waals surface area contributed by atoms with Crippen LogP contribution in [-0.2, 0) is 9.59 Å². The van der Waals surface area contributed by atoms with Gasteiger partial charge in [-0.15, -0.1) is 0 Å². The van der Waals surface area contributed by atoms with E-state index in [4.69, 9.17) is 4.74 Å². The van der Waals surface area contributed by atoms with E-state index >= 15 is 0 Å². The molecule has 6 nitrogen and oxygen atoms in total. The summed E-state index contributed by atoms with van der Waals surface area (Å²) in [5.41, 5.74) is 2.41. The molecule has 1 aliphatic heterocycles. The monoisotopic (exact) mass is 448 g/mol. The summed E-state index contributed by atoms with van der Waals surface area (Å²) >= 11 is 0. The van der Waals surface area contributed by atoms with E-state index in [1.807, 2.05) is 31.2 Å². The van der Waals surface area contributed by atoms with Crippen molar-refractivity contribution in [2.75, 3.05) is 32.8 Å². The van der Waals surface area contributed by atoms with Crippen LogP contribution in [-0.4, -0.2) is 59.4 Å². The molecule has 0 spiro atoms. The Morgan fingerprint density at radius 3 is 2.30 bits per heavy atom. The maximum absolute atomic E-state index is 13.1. The van der Waals surface area contributed by atoms with Crippen LogP contribution in [0.1, 0.15) is 36.6 Å². The lowest BCUT2D eigenvalue weighted by molar-refractivity contribution is -0.140. The Bertz CT molecular complexity index is 1020. The largest absolute Gasteiger partial charge is 0.507 e. The summed E-state index contributed by atoms with van der Waals surface area (Å²) in [7, 11) is 0. The van der Waals surface area contributed by atoms with E-state index in [1.165, 1.54) is 0 Å². The van der Waals surface area contributed by atoms with Crippen molar-refractivity contribution in [2.24, 2.45) is 0 Å². The fourth-order valence-electron chi connectivity index (χ4n) is 4.01. The number of aliphatic hydroxyl groups excluding tert-OH is 1. The number of nitrogens with zero attached hydrogens (tertiary/aromatic N) is 2. The summed E-state index contributed by atoms with van der Waals surface area (Å²) in [4.78, 5) is 29.9. The van der Waals surface area contributed by atoms with E-state index in [9.17, 15) is 14.7 Å². The first-order chi connectivity index (χ1) is 15.9. The van der Waals surface area contributed by atoms with Gasteiger partial charge in [0.15, 0.2) is 0 Å². The predicted molar refractivity (Wildman–Crippen MR) is 130 cm³/mol. The van der Waals surface area contributed by atoms with Gasteiger partial charge < -0.3 is 19.6 Å². The maximum Gasteiger partial charge on any atom is 0.295 e. The highest BCUT2D eigenvalue weighted by Crippen LogP contribution is 2.39. The molecular weight excluding hydrogens is 416 g/mol. The van der Waals surface area contributed by atoms with Crippen molar-refractivity contribution < 1.29 is 19.4 Å². The first kappa shape index (κ1) is 24.3. The second-order valence-electron chi connectivity index (χ2n) is 8.05. The number of likely N-dealkylation sites (tertiary alicyclic amines) is 1. The van der Waals surface area contributed by atoms with Gasteiger partial charge in [0.2, 0.25) is 0 Å². The van der Waals surface area contributed by atoms with Crippen LogP contribution in [0.25, 0.3) is 5.76 Å². The number of ketones is 1. The molecule has 0 saturated carbocycles. The number of aliphatic hydroxyl groups is 1. The molecule has 0 aliphatic carbocycles. The SMILES string of the molecule is C=CCOc1ccc(C2/C(=C(\O)c3ccc(C)cc3)C(=O)C(=O)N2CCN(CC)CC)cc1. The molecule has 1 unspecified atom stereocenters. The van der Waals surface area contributed by atoms with Gasteiger partial charge in [0, 0.05) is 18.7 Å². The highest BCUT2D eigenvalue weighted by molar-refractivity contribution is 6.46. The van der Waals surface area contributed by atoms with E-state index in [-0.39, 0.29) is 11.3 Å². The average molecular weight is 449 g/mol. The first-order valence-electron chi connectivity index (χ1n) is 11.3. The number of amides is 1. The van der Waals surface area contributed by atoms with Gasteiger partial charge in [0.1, 0.15) is 18.1 Å². The molecule has 0 bridgehead atoms. The number of carbonyl (C=O) groups excluding carboxylic acids is 2. The normalized spacial score (nSPS) is 17.6. The summed E-state index contributed by atoms with van der Waals surface area (Å²) in [6.45, 7) is 12.8. The van der Waals surface area contributed by atoms with Crippen LogP contribution in [0.2, 0.25) is 0 Å². The summed E-state index contributed by atoms with van der Waals surface area (Å²) in [6.07, 6.45) is 1.66. The van der Waals surface area contributed by atoms with Gasteiger partial charge in [0.25, 0.3) is 11.7 Å². The third-order valence-electron chi connectivity index (χ3n) is 5.98. The van der Waals surface area contributed by atoms with Gasteiger partial charge in [-0.3, -0.25) is 9.59 Å². The number of benzene rings is 2. The van der Waals surface area contributed by atoms with Crippen LogP contribution in [0.3, 0.4) is 0 Å². The first-order valence-corrected chi connectivity index (χ1v) is 11.3. The molecular formula is C27H32N2O4. The zero-order chi connectivity index (χ0) is 24.0. The van der Waals surface area contributed by atoms with Crippen molar-refractivity contribution in [1.82, 2.24) is 9.80 Å². The Morgan fingerprint density at radius 2 is 1.73 bits per heavy atom. The number of carbonyl (C=O) groups is 2. The lowest BCUT2D eigenvalue weighted by Gasteiger charge is -2.28. The summed E-state index contributed by atoms with van der Waals surface area (Å²) < 4.78 is 5.57. The second-order valence-corrected chi connectivity index (χ2v) is 8.05. The van der Waals surface area contributed by atoms with Gasteiger partial charge in [-0.1, -0.05) is 68.5 Å². The van der Waals surface area contributed by atoms with Crippen molar-refractivity contribution in [3.63, 3.8) is 0 Å². The number of hydrogen-bond donors (Lipinski definition) is 1. The molecule has 6 heteroatoms. The van der Waals surface area contributed by atoms with Crippen LogP contribution in [0.5, 0.6) is 5.75 Å². The highest BCUT2D eigenvalue weighted by Gasteiger charge is 2.45. The van der Waals surface area contributed by atoms with Crippen molar-refractivity contribution in [3.05, 3.63) is 83.4 Å². The quantitative estimate of drug-likeness (QED) is 0.254. The molecule has 1 saturated heterocycles. The lowest BCUT2D eigenvalue weighted by Crippen LogP contribution is -2.38. The van der Waals surface area contributed by atoms with Crippen molar-refractivity contribution in [3.8, 4) is 5.75 Å². The van der Waals surface area contributed by atoms with Crippen molar-refractivity contribution in [2.45, 2.75) is 26.8 Å². The van der Waals surface area contributed by atoms with Crippen LogP contribution < -0.4 is 4.74 Å². The molecule has 1 amide bonds. The van der Waals surface area contributed by atoms with E-state index < -0.39 is 17.7 Å². The van der Waals surface area contributed by atoms with Crippen LogP contribution in [0.15, 0.2) is 66.8 Å². The number of likely N-dealkylation sites (N-methyl/N-ethyl adjacent to an activating group) is 1. The molecule has 2 aromatic carbocycles. The standard InChI is InChI=1S/C27H32N2O4/c1-5-18-33-22-14-12-20(13-15-22)24-23(25(30)21-10-8-19(4)9-11-21)26(31)27(32)29(24)17-16-28(6-2)7-3/h5,8-15,24,30H,1,6-7,16-18H2,2-4H3/b25-23+. The maximum atomic E-state index is 13.1. The molecule has 174 valence electrons. The molecule has 33 heavy (non-hydrogen) atoms. The minimum absolute atomic E-state index is 0.114. The van der Waals surface area contributed by atoms with Gasteiger partial charge in [-0.25, -0.2) is 0 Å². The summed E-state index contributed by atoms with van der Waals surface area (Å²) in [5, 5.41) is 11.1. The van der Waals surface area contributed by atoms with E-state index in [0.29, 0.717) is 31.0 Å². The fourth-order valence-corrected chi connectivity index (χ4v) is 4.01. The zero-order valence-corrected chi connectivity index (χ0v) is 19.6. The third-order valence-corrected chi connectivity index (χ3v) is 5.98. The molecule has 1 fully saturated rings.